The van der Waals surface area contributed by atoms with Crippen LogP contribution in [0, 0.1) is 6.92 Å². The Kier molecular flexibility index (Phi) is 4.61. The Bertz CT molecular complexity index is 931. The molecule has 10 heteroatoms. The number of hydrogen-bond acceptors (Lipinski definition) is 6. The lowest BCUT2D eigenvalue weighted by atomic mass is 10.3. The number of urea groups is 1. The molecule has 0 unspecified atom stereocenters. The number of anilines is 2. The Morgan fingerprint density at radius 1 is 1.28 bits per heavy atom. The molecule has 0 atom stereocenters. The first-order valence-corrected chi connectivity index (χ1v) is 8.28. The summed E-state index contributed by atoms with van der Waals surface area (Å²) in [6, 6.07) is 5.27. The maximum Gasteiger partial charge on any atom is 0.322 e. The molecular formula is C15H17N7O2S. The Hall–Kier alpha value is -3.01. The van der Waals surface area contributed by atoms with Crippen LogP contribution in [0.2, 0.25) is 0 Å². The summed E-state index contributed by atoms with van der Waals surface area (Å²) < 4.78 is 1.07. The topological polar surface area (TPSA) is 105 Å². The second-order valence-corrected chi connectivity index (χ2v) is 6.78. The Balaban J connectivity index is 1.61. The van der Waals surface area contributed by atoms with Crippen LogP contribution in [0.25, 0.3) is 10.2 Å². The Morgan fingerprint density at radius 2 is 2.08 bits per heavy atom. The predicted octanol–water partition coefficient (Wildman–Crippen LogP) is 1.93. The lowest BCUT2D eigenvalue weighted by molar-refractivity contribution is -0.117. The van der Waals surface area contributed by atoms with Gasteiger partial charge >= 0.3 is 6.03 Å². The normalized spacial score (nSPS) is 10.7. The van der Waals surface area contributed by atoms with Crippen molar-refractivity contribution in [2.45, 2.75) is 13.5 Å². The van der Waals surface area contributed by atoms with E-state index in [0.29, 0.717) is 5.69 Å². The molecule has 0 aliphatic rings. The molecule has 2 N–H and O–H groups in total. The van der Waals surface area contributed by atoms with Crippen molar-refractivity contribution < 1.29 is 9.59 Å². The Labute approximate surface area is 147 Å². The number of carbonyl (C=O) groups excluding carboxylic acids is 2. The first kappa shape index (κ1) is 16.8. The minimum Gasteiger partial charge on any atom is -0.331 e. The van der Waals surface area contributed by atoms with E-state index in [9.17, 15) is 9.59 Å². The summed E-state index contributed by atoms with van der Waals surface area (Å²) in [4.78, 5) is 30.7. The second kappa shape index (κ2) is 6.85. The highest BCUT2D eigenvalue weighted by molar-refractivity contribution is 7.18. The summed E-state index contributed by atoms with van der Waals surface area (Å²) in [7, 11) is 3.24. The van der Waals surface area contributed by atoms with Gasteiger partial charge in [-0.2, -0.15) is 9.90 Å². The van der Waals surface area contributed by atoms with Crippen LogP contribution in [-0.4, -0.2) is 50.9 Å². The van der Waals surface area contributed by atoms with E-state index in [4.69, 9.17) is 0 Å². The van der Waals surface area contributed by atoms with Crippen molar-refractivity contribution in [3.63, 3.8) is 0 Å². The van der Waals surface area contributed by atoms with Gasteiger partial charge in [0.1, 0.15) is 6.54 Å². The van der Waals surface area contributed by atoms with E-state index in [-0.39, 0.29) is 24.3 Å². The third-order valence-electron chi connectivity index (χ3n) is 3.24. The summed E-state index contributed by atoms with van der Waals surface area (Å²) in [5.74, 6) is 0.0123. The van der Waals surface area contributed by atoms with Crippen LogP contribution >= 0.6 is 11.3 Å². The van der Waals surface area contributed by atoms with Gasteiger partial charge in [-0.05, 0) is 25.1 Å². The molecule has 0 saturated carbocycles. The van der Waals surface area contributed by atoms with Crippen LogP contribution < -0.4 is 10.6 Å². The maximum absolute atomic E-state index is 12.1. The molecule has 0 bridgehead atoms. The zero-order valence-electron chi connectivity index (χ0n) is 14.0. The lowest BCUT2D eigenvalue weighted by Gasteiger charge is -2.09. The van der Waals surface area contributed by atoms with Crippen LogP contribution in [0.3, 0.4) is 0 Å². The van der Waals surface area contributed by atoms with Crippen LogP contribution in [0.15, 0.2) is 24.4 Å². The van der Waals surface area contributed by atoms with Crippen LogP contribution in [0.1, 0.15) is 5.01 Å². The lowest BCUT2D eigenvalue weighted by Crippen LogP contribution is -2.27. The molecule has 25 heavy (non-hydrogen) atoms. The quantitative estimate of drug-likeness (QED) is 0.740. The van der Waals surface area contributed by atoms with Crippen molar-refractivity contribution in [2.24, 2.45) is 0 Å². The molecule has 3 rings (SSSR count). The van der Waals surface area contributed by atoms with Crippen LogP contribution in [0.4, 0.5) is 16.3 Å². The third-order valence-corrected chi connectivity index (χ3v) is 4.19. The predicted molar refractivity (Wildman–Crippen MR) is 95.7 cm³/mol. The number of nitrogens with one attached hydrogen (secondary N) is 2. The number of benzene rings is 1. The number of hydrogen-bond donors (Lipinski definition) is 2. The van der Waals surface area contributed by atoms with Crippen molar-refractivity contribution >= 4 is 45.0 Å². The summed E-state index contributed by atoms with van der Waals surface area (Å²) >= 11 is 1.61. The molecule has 0 aliphatic heterocycles. The van der Waals surface area contributed by atoms with Crippen molar-refractivity contribution in [1.29, 1.82) is 0 Å². The zero-order valence-corrected chi connectivity index (χ0v) is 14.8. The molecule has 3 aromatic rings. The smallest absolute Gasteiger partial charge is 0.322 e. The molecule has 2 heterocycles. The number of thiazole rings is 1. The highest BCUT2D eigenvalue weighted by Gasteiger charge is 2.10. The Morgan fingerprint density at radius 3 is 2.84 bits per heavy atom. The number of carbonyl (C=O) groups is 2. The third kappa shape index (κ3) is 4.10. The molecule has 3 amide bonds. The maximum atomic E-state index is 12.1. The number of aryl methyl sites for hydroxylation is 1. The minimum absolute atomic E-state index is 0.0635. The number of fused-ring (bicyclic) bond motifs is 1. The molecule has 0 aliphatic carbocycles. The van der Waals surface area contributed by atoms with Gasteiger partial charge in [-0.15, -0.1) is 16.4 Å². The van der Waals surface area contributed by atoms with Gasteiger partial charge in [0.15, 0.2) is 5.82 Å². The first-order chi connectivity index (χ1) is 11.9. The van der Waals surface area contributed by atoms with Gasteiger partial charge in [0, 0.05) is 19.8 Å². The number of amides is 3. The van der Waals surface area contributed by atoms with Crippen molar-refractivity contribution in [2.75, 3.05) is 24.7 Å². The van der Waals surface area contributed by atoms with Gasteiger partial charge in [-0.25, -0.2) is 9.78 Å². The molecule has 2 aromatic heterocycles. The fourth-order valence-electron chi connectivity index (χ4n) is 2.10. The molecule has 0 fully saturated rings. The van der Waals surface area contributed by atoms with Crippen LogP contribution in [-0.2, 0) is 11.3 Å². The molecule has 0 spiro atoms. The van der Waals surface area contributed by atoms with Gasteiger partial charge in [0.05, 0.1) is 21.4 Å². The SMILES string of the molecule is Cc1nc2cc(NC(=O)Cn3ncc(NC(=O)N(C)C)n3)ccc2s1. The van der Waals surface area contributed by atoms with Crippen LogP contribution in [0.5, 0.6) is 0 Å². The van der Waals surface area contributed by atoms with E-state index in [0.717, 1.165) is 15.2 Å². The van der Waals surface area contributed by atoms with E-state index in [2.05, 4.69) is 25.8 Å². The number of nitrogens with zero attached hydrogens (tertiary/aromatic N) is 5. The van der Waals surface area contributed by atoms with Gasteiger partial charge in [-0.1, -0.05) is 0 Å². The molecule has 130 valence electrons. The van der Waals surface area contributed by atoms with Crippen molar-refractivity contribution in [3.8, 4) is 0 Å². The zero-order chi connectivity index (χ0) is 18.0. The second-order valence-electron chi connectivity index (χ2n) is 5.55. The first-order valence-electron chi connectivity index (χ1n) is 7.46. The summed E-state index contributed by atoms with van der Waals surface area (Å²) in [6.45, 7) is 1.88. The number of rotatable bonds is 4. The van der Waals surface area contributed by atoms with Crippen molar-refractivity contribution in [3.05, 3.63) is 29.4 Å². The molecule has 1 aromatic carbocycles. The van der Waals surface area contributed by atoms with Gasteiger partial charge in [-0.3, -0.25) is 10.1 Å². The summed E-state index contributed by atoms with van der Waals surface area (Å²) in [6.07, 6.45) is 1.39. The molecule has 0 saturated heterocycles. The minimum atomic E-state index is -0.316. The van der Waals surface area contributed by atoms with E-state index in [1.807, 2.05) is 25.1 Å². The average molecular weight is 359 g/mol. The number of aromatic nitrogens is 4. The largest absolute Gasteiger partial charge is 0.331 e. The molecular weight excluding hydrogens is 342 g/mol. The monoisotopic (exact) mass is 359 g/mol. The van der Waals surface area contributed by atoms with Crippen molar-refractivity contribution in [1.82, 2.24) is 24.9 Å². The van der Waals surface area contributed by atoms with E-state index >= 15 is 0 Å². The fraction of sp³-hybridized carbons (Fsp3) is 0.267. The fourth-order valence-corrected chi connectivity index (χ4v) is 2.91. The van der Waals surface area contributed by atoms with Gasteiger partial charge < -0.3 is 10.2 Å². The highest BCUT2D eigenvalue weighted by Crippen LogP contribution is 2.24. The standard InChI is InChI=1S/C15H17N7O2S/c1-9-17-11-6-10(4-5-12(11)25-9)18-14(23)8-22-16-7-13(20-22)19-15(24)21(2)3/h4-7H,8H2,1-3H3,(H,18,23)(H,19,20,24). The van der Waals surface area contributed by atoms with E-state index in [1.54, 1.807) is 25.4 Å². The van der Waals surface area contributed by atoms with E-state index in [1.165, 1.54) is 15.9 Å². The van der Waals surface area contributed by atoms with E-state index < -0.39 is 0 Å². The van der Waals surface area contributed by atoms with Gasteiger partial charge in [0.25, 0.3) is 0 Å². The summed E-state index contributed by atoms with van der Waals surface area (Å²) in [5.41, 5.74) is 1.52. The van der Waals surface area contributed by atoms with Gasteiger partial charge in [0.2, 0.25) is 5.91 Å². The highest BCUT2D eigenvalue weighted by atomic mass is 32.1. The molecule has 0 radical (unpaired) electrons. The molecule has 9 nitrogen and oxygen atoms in total. The summed E-state index contributed by atoms with van der Waals surface area (Å²) in [5, 5.41) is 14.3. The average Bonchev–Trinajstić information content (AvgIpc) is 3.11.